The van der Waals surface area contributed by atoms with Crippen molar-refractivity contribution in [1.82, 2.24) is 30.6 Å². The third-order valence-electron chi connectivity index (χ3n) is 7.66. The summed E-state index contributed by atoms with van der Waals surface area (Å²) in [5.74, 6) is 0. The molecule has 9 heteroatoms. The molecule has 0 unspecified atom stereocenters. The van der Waals surface area contributed by atoms with E-state index in [1.165, 1.54) is 33.5 Å². The number of hydrogen-bond acceptors (Lipinski definition) is 3. The fourth-order valence-corrected chi connectivity index (χ4v) is 5.76. The summed E-state index contributed by atoms with van der Waals surface area (Å²) in [4.78, 5) is 0. The summed E-state index contributed by atoms with van der Waals surface area (Å²) < 4.78 is 0. The molecule has 0 atom stereocenters. The number of halogens is 1. The molecular formula is C33H57BIN6Pd. The van der Waals surface area contributed by atoms with E-state index in [0.29, 0.717) is 0 Å². The van der Waals surface area contributed by atoms with Gasteiger partial charge in [-0.1, -0.05) is 125 Å². The van der Waals surface area contributed by atoms with Gasteiger partial charge in [-0.3, -0.25) is 15.3 Å². The Balaban J connectivity index is 0.00000441. The summed E-state index contributed by atoms with van der Waals surface area (Å²) in [6.07, 6.45) is 0. The standard InChI is InChI=1S/C33H57BN6.I.Pd/c1-28(2,3)22-19(23(36-35-22)29(4,5)6)34(20-24(30(7,8)9)37-38-25(20)31(10,11)12)21-26(32(13,14)15)39-40-27(21)33(16,17)18;;/h1-18H3,(H,35,36)(H,37,38)(H,39,40);;. The van der Waals surface area contributed by atoms with Gasteiger partial charge in [-0.05, 0) is 16.4 Å². The predicted molar refractivity (Wildman–Crippen MR) is 187 cm³/mol. The van der Waals surface area contributed by atoms with Crippen molar-refractivity contribution in [3.63, 3.8) is 0 Å². The summed E-state index contributed by atoms with van der Waals surface area (Å²) in [7, 11) is 0. The van der Waals surface area contributed by atoms with Crippen LogP contribution in [0.2, 0.25) is 0 Å². The molecule has 0 saturated heterocycles. The number of rotatable bonds is 3. The van der Waals surface area contributed by atoms with E-state index in [-0.39, 0.29) is 83.6 Å². The van der Waals surface area contributed by atoms with E-state index in [0.717, 1.165) is 17.1 Å². The Morgan fingerprint density at radius 2 is 0.571 bits per heavy atom. The van der Waals surface area contributed by atoms with Crippen LogP contribution in [0.4, 0.5) is 0 Å². The molecule has 0 aromatic carbocycles. The van der Waals surface area contributed by atoms with Crippen molar-refractivity contribution < 1.29 is 20.4 Å². The SMILES string of the molecule is CC(C)(C)c1n[nH]c(C(C)(C)C)c1B(c1c(C(C)(C)C)n[nH]c1C(C)(C)C)c1c(C(C)(C)C)n[nH]c1C(C)(C)C.[I].[Pd]. The molecule has 42 heavy (non-hydrogen) atoms. The molecule has 0 amide bonds. The molecule has 0 spiro atoms. The molecule has 1 radical (unpaired) electrons. The molecule has 3 N–H and O–H groups in total. The van der Waals surface area contributed by atoms with Gasteiger partial charge < -0.3 is 0 Å². The first kappa shape index (κ1) is 39.1. The molecule has 0 aliphatic rings. The van der Waals surface area contributed by atoms with Crippen LogP contribution < -0.4 is 16.4 Å². The van der Waals surface area contributed by atoms with Gasteiger partial charge in [-0.2, -0.15) is 15.3 Å². The minimum Gasteiger partial charge on any atom is -0.282 e. The fourth-order valence-electron chi connectivity index (χ4n) is 5.76. The first-order valence-electron chi connectivity index (χ1n) is 15.0. The maximum absolute atomic E-state index is 5.08. The van der Waals surface area contributed by atoms with Crippen LogP contribution in [-0.2, 0) is 52.9 Å². The van der Waals surface area contributed by atoms with Crippen molar-refractivity contribution in [2.24, 2.45) is 0 Å². The van der Waals surface area contributed by atoms with E-state index in [9.17, 15) is 0 Å². The maximum atomic E-state index is 5.08. The van der Waals surface area contributed by atoms with Crippen LogP contribution in [0.25, 0.3) is 0 Å². The van der Waals surface area contributed by atoms with Crippen LogP contribution in [0.1, 0.15) is 159 Å². The zero-order valence-corrected chi connectivity index (χ0v) is 33.3. The molecule has 0 saturated carbocycles. The Hall–Kier alpha value is -0.913. The normalized spacial score (nSPS) is 13.6. The van der Waals surface area contributed by atoms with E-state index in [2.05, 4.69) is 140 Å². The van der Waals surface area contributed by atoms with Crippen molar-refractivity contribution in [3.05, 3.63) is 34.2 Å². The Labute approximate surface area is 287 Å². The molecule has 0 fully saturated rings. The number of H-pyrrole nitrogens is 3. The van der Waals surface area contributed by atoms with Gasteiger partial charge in [0.2, 0.25) is 0 Å². The van der Waals surface area contributed by atoms with Crippen molar-refractivity contribution in [1.29, 1.82) is 0 Å². The average molecular weight is 782 g/mol. The van der Waals surface area contributed by atoms with Gasteiger partial charge in [0.1, 0.15) is 0 Å². The Morgan fingerprint density at radius 1 is 0.381 bits per heavy atom. The molecule has 239 valence electrons. The first-order valence-corrected chi connectivity index (χ1v) is 15.0. The molecule has 0 aliphatic carbocycles. The molecule has 3 aromatic rings. The van der Waals surface area contributed by atoms with Crippen LogP contribution in [0.3, 0.4) is 0 Å². The molecular weight excluding hydrogens is 725 g/mol. The maximum Gasteiger partial charge on any atom is 0.255 e. The van der Waals surface area contributed by atoms with Crippen LogP contribution in [0, 0.1) is 0 Å². The van der Waals surface area contributed by atoms with E-state index in [4.69, 9.17) is 15.3 Å². The minimum absolute atomic E-state index is 0. The average Bonchev–Trinajstić information content (AvgIpc) is 3.42. The zero-order chi connectivity index (χ0) is 31.0. The second-order valence-electron chi connectivity index (χ2n) is 18.0. The topological polar surface area (TPSA) is 86.0 Å². The van der Waals surface area contributed by atoms with Crippen LogP contribution in [0.5, 0.6) is 0 Å². The molecule has 3 aromatic heterocycles. The number of nitrogens with one attached hydrogen (secondary N) is 3. The van der Waals surface area contributed by atoms with Crippen molar-refractivity contribution in [2.45, 2.75) is 157 Å². The van der Waals surface area contributed by atoms with Crippen molar-refractivity contribution in [3.8, 4) is 0 Å². The largest absolute Gasteiger partial charge is 0.282 e. The molecule has 0 bridgehead atoms. The number of hydrogen-bond donors (Lipinski definition) is 3. The molecule has 3 rings (SSSR count). The summed E-state index contributed by atoms with van der Waals surface area (Å²) in [6.45, 7) is 40.8. The third kappa shape index (κ3) is 7.65. The Kier molecular flexibility index (Phi) is 11.3. The number of aromatic nitrogens is 6. The quantitative estimate of drug-likeness (QED) is 0.197. The zero-order valence-electron chi connectivity index (χ0n) is 29.6. The van der Waals surface area contributed by atoms with Gasteiger partial charge in [0.15, 0.2) is 0 Å². The Bertz CT molecular complexity index is 1090. The van der Waals surface area contributed by atoms with Crippen molar-refractivity contribution in [2.75, 3.05) is 0 Å². The van der Waals surface area contributed by atoms with Crippen LogP contribution in [0.15, 0.2) is 0 Å². The van der Waals surface area contributed by atoms with Gasteiger partial charge in [0.05, 0.1) is 17.1 Å². The predicted octanol–water partition coefficient (Wildman–Crippen LogP) is 7.04. The summed E-state index contributed by atoms with van der Waals surface area (Å²) in [6, 6.07) is 0. The van der Waals surface area contributed by atoms with E-state index in [1.807, 2.05) is 0 Å². The van der Waals surface area contributed by atoms with E-state index in [1.54, 1.807) is 0 Å². The van der Waals surface area contributed by atoms with E-state index >= 15 is 0 Å². The van der Waals surface area contributed by atoms with Gasteiger partial charge in [0, 0.05) is 94.0 Å². The van der Waals surface area contributed by atoms with E-state index < -0.39 is 0 Å². The van der Waals surface area contributed by atoms with Crippen molar-refractivity contribution >= 4 is 47.1 Å². The smallest absolute Gasteiger partial charge is 0.255 e. The van der Waals surface area contributed by atoms with Crippen LogP contribution in [-0.4, -0.2) is 37.3 Å². The van der Waals surface area contributed by atoms with Gasteiger partial charge in [-0.25, -0.2) is 0 Å². The fraction of sp³-hybridized carbons (Fsp3) is 0.727. The number of nitrogens with zero attached hydrogens (tertiary/aromatic N) is 3. The monoisotopic (exact) mass is 781 g/mol. The minimum atomic E-state index is -0.172. The van der Waals surface area contributed by atoms with Gasteiger partial charge >= 0.3 is 0 Å². The summed E-state index contributed by atoms with van der Waals surface area (Å²) in [5.41, 5.74) is 9.63. The van der Waals surface area contributed by atoms with Crippen LogP contribution >= 0.6 is 24.0 Å². The summed E-state index contributed by atoms with van der Waals surface area (Å²) in [5, 5.41) is 25.9. The van der Waals surface area contributed by atoms with Gasteiger partial charge in [0.25, 0.3) is 6.71 Å². The second-order valence-corrected chi connectivity index (χ2v) is 18.0. The summed E-state index contributed by atoms with van der Waals surface area (Å²) >= 11 is 0. The number of aromatic amines is 3. The molecule has 0 aliphatic heterocycles. The first-order chi connectivity index (χ1) is 17.7. The second kappa shape index (κ2) is 12.1. The molecule has 3 heterocycles. The van der Waals surface area contributed by atoms with Gasteiger partial charge in [-0.15, -0.1) is 0 Å². The Morgan fingerprint density at radius 3 is 0.714 bits per heavy atom. The molecule has 6 nitrogen and oxygen atoms in total. The third-order valence-corrected chi connectivity index (χ3v) is 7.66.